The minimum Gasteiger partial charge on any atom is -0.396 e. The lowest BCUT2D eigenvalue weighted by molar-refractivity contribution is 0.264. The number of aliphatic hydroxyl groups is 1. The maximum atomic E-state index is 8.97. The molecule has 16 heavy (non-hydrogen) atoms. The Hall–Kier alpha value is 0.270. The summed E-state index contributed by atoms with van der Waals surface area (Å²) in [6, 6.07) is 1.06. The summed E-state index contributed by atoms with van der Waals surface area (Å²) in [5.74, 6) is 1.10. The van der Waals surface area contributed by atoms with Crippen molar-refractivity contribution in [3.05, 3.63) is 0 Å². The van der Waals surface area contributed by atoms with Gasteiger partial charge in [0.25, 0.3) is 0 Å². The van der Waals surface area contributed by atoms with E-state index in [1.807, 2.05) is 11.8 Å². The molecule has 0 aromatic carbocycles. The molecule has 0 aromatic rings. The van der Waals surface area contributed by atoms with Gasteiger partial charge in [-0.1, -0.05) is 32.6 Å². The third kappa shape index (κ3) is 9.49. The van der Waals surface area contributed by atoms with Crippen LogP contribution in [0.5, 0.6) is 0 Å². The molecular weight excluding hydrogens is 218 g/mol. The molecule has 3 heteroatoms. The van der Waals surface area contributed by atoms with Crippen LogP contribution in [0, 0.1) is 0 Å². The van der Waals surface area contributed by atoms with Gasteiger partial charge >= 0.3 is 0 Å². The highest BCUT2D eigenvalue weighted by Gasteiger charge is 2.10. The van der Waals surface area contributed by atoms with Crippen molar-refractivity contribution in [1.82, 2.24) is 5.32 Å². The number of nitrogens with one attached hydrogen (secondary N) is 1. The van der Waals surface area contributed by atoms with Crippen molar-refractivity contribution in [2.24, 2.45) is 0 Å². The number of aliphatic hydroxyl groups excluding tert-OH is 1. The first-order chi connectivity index (χ1) is 7.74. The average molecular weight is 247 g/mol. The SMILES string of the molecule is CCCCCCC(C)NC(CCO)CSC. The monoisotopic (exact) mass is 247 g/mol. The third-order valence-corrected chi connectivity index (χ3v) is 3.59. The summed E-state index contributed by atoms with van der Waals surface area (Å²) in [7, 11) is 0. The van der Waals surface area contributed by atoms with Crippen LogP contribution >= 0.6 is 11.8 Å². The largest absolute Gasteiger partial charge is 0.396 e. The second-order valence-electron chi connectivity index (χ2n) is 4.58. The van der Waals surface area contributed by atoms with Gasteiger partial charge in [-0.25, -0.2) is 0 Å². The fourth-order valence-electron chi connectivity index (χ4n) is 1.93. The van der Waals surface area contributed by atoms with Crippen LogP contribution in [0.2, 0.25) is 0 Å². The molecule has 2 N–H and O–H groups in total. The van der Waals surface area contributed by atoms with E-state index >= 15 is 0 Å². The van der Waals surface area contributed by atoms with E-state index in [0.717, 1.165) is 12.2 Å². The molecule has 0 saturated carbocycles. The van der Waals surface area contributed by atoms with Crippen LogP contribution in [-0.4, -0.2) is 35.8 Å². The molecule has 2 atom stereocenters. The van der Waals surface area contributed by atoms with Gasteiger partial charge in [-0.2, -0.15) is 11.8 Å². The lowest BCUT2D eigenvalue weighted by Crippen LogP contribution is -2.38. The lowest BCUT2D eigenvalue weighted by atomic mass is 10.1. The Labute approximate surface area is 106 Å². The highest BCUT2D eigenvalue weighted by atomic mass is 32.2. The van der Waals surface area contributed by atoms with Crippen molar-refractivity contribution in [3.8, 4) is 0 Å². The van der Waals surface area contributed by atoms with Crippen LogP contribution in [0.15, 0.2) is 0 Å². The number of hydrogen-bond acceptors (Lipinski definition) is 3. The van der Waals surface area contributed by atoms with Gasteiger partial charge in [-0.3, -0.25) is 0 Å². The van der Waals surface area contributed by atoms with Crippen LogP contribution in [0.1, 0.15) is 52.4 Å². The van der Waals surface area contributed by atoms with Gasteiger partial charge < -0.3 is 10.4 Å². The van der Waals surface area contributed by atoms with E-state index in [9.17, 15) is 0 Å². The second-order valence-corrected chi connectivity index (χ2v) is 5.49. The molecule has 0 aliphatic heterocycles. The van der Waals surface area contributed by atoms with Crippen LogP contribution in [0.25, 0.3) is 0 Å². The second kappa shape index (κ2) is 11.7. The van der Waals surface area contributed by atoms with Crippen LogP contribution in [0.4, 0.5) is 0 Å². The number of rotatable bonds is 11. The first-order valence-electron chi connectivity index (χ1n) is 6.60. The zero-order valence-electron chi connectivity index (χ0n) is 11.2. The summed E-state index contributed by atoms with van der Waals surface area (Å²) in [5.41, 5.74) is 0. The summed E-state index contributed by atoms with van der Waals surface area (Å²) in [4.78, 5) is 0. The maximum Gasteiger partial charge on any atom is 0.0446 e. The van der Waals surface area contributed by atoms with Crippen molar-refractivity contribution in [2.45, 2.75) is 64.5 Å². The Morgan fingerprint density at radius 3 is 2.50 bits per heavy atom. The van der Waals surface area contributed by atoms with Crippen molar-refractivity contribution in [1.29, 1.82) is 0 Å². The van der Waals surface area contributed by atoms with Crippen molar-refractivity contribution in [2.75, 3.05) is 18.6 Å². The van der Waals surface area contributed by atoms with Crippen LogP contribution in [-0.2, 0) is 0 Å². The van der Waals surface area contributed by atoms with Gasteiger partial charge in [0.05, 0.1) is 0 Å². The van der Waals surface area contributed by atoms with Gasteiger partial charge in [-0.05, 0) is 26.0 Å². The topological polar surface area (TPSA) is 32.3 Å². The lowest BCUT2D eigenvalue weighted by Gasteiger charge is -2.22. The zero-order valence-corrected chi connectivity index (χ0v) is 12.0. The Morgan fingerprint density at radius 1 is 1.19 bits per heavy atom. The molecule has 2 unspecified atom stereocenters. The van der Waals surface area contributed by atoms with Gasteiger partial charge in [0.1, 0.15) is 0 Å². The summed E-state index contributed by atoms with van der Waals surface area (Å²) in [5, 5.41) is 12.6. The molecule has 0 aliphatic rings. The van der Waals surface area contributed by atoms with E-state index in [2.05, 4.69) is 25.4 Å². The molecule has 0 amide bonds. The Bertz CT molecular complexity index is 138. The molecule has 0 spiro atoms. The van der Waals surface area contributed by atoms with Crippen LogP contribution < -0.4 is 5.32 Å². The molecule has 0 radical (unpaired) electrons. The fraction of sp³-hybridized carbons (Fsp3) is 1.00. The highest BCUT2D eigenvalue weighted by Crippen LogP contribution is 2.08. The van der Waals surface area contributed by atoms with Gasteiger partial charge in [0, 0.05) is 24.4 Å². The standard InChI is InChI=1S/C13H29NOS/c1-4-5-6-7-8-12(2)14-13(9-10-15)11-16-3/h12-15H,4-11H2,1-3H3. The van der Waals surface area contributed by atoms with Crippen LogP contribution in [0.3, 0.4) is 0 Å². The molecule has 0 bridgehead atoms. The van der Waals surface area contributed by atoms with E-state index in [-0.39, 0.29) is 0 Å². The molecule has 98 valence electrons. The molecule has 0 aromatic heterocycles. The predicted octanol–water partition coefficient (Wildman–Crippen LogP) is 3.05. The summed E-state index contributed by atoms with van der Waals surface area (Å²) in [6.07, 6.45) is 9.61. The Morgan fingerprint density at radius 2 is 1.94 bits per heavy atom. The van der Waals surface area contributed by atoms with Crippen molar-refractivity contribution in [3.63, 3.8) is 0 Å². The molecule has 2 nitrogen and oxygen atoms in total. The molecule has 0 heterocycles. The molecule has 0 rings (SSSR count). The first-order valence-corrected chi connectivity index (χ1v) is 7.99. The third-order valence-electron chi connectivity index (χ3n) is 2.86. The van der Waals surface area contributed by atoms with Gasteiger partial charge in [0.15, 0.2) is 0 Å². The summed E-state index contributed by atoms with van der Waals surface area (Å²) < 4.78 is 0. The average Bonchev–Trinajstić information content (AvgIpc) is 2.25. The Balaban J connectivity index is 3.59. The number of thioether (sulfide) groups is 1. The Kier molecular flexibility index (Phi) is 11.9. The maximum absolute atomic E-state index is 8.97. The molecular formula is C13H29NOS. The normalized spacial score (nSPS) is 15.0. The molecule has 0 aliphatic carbocycles. The van der Waals surface area contributed by atoms with E-state index in [0.29, 0.717) is 18.7 Å². The van der Waals surface area contributed by atoms with E-state index < -0.39 is 0 Å². The number of unbranched alkanes of at least 4 members (excludes halogenated alkanes) is 3. The van der Waals surface area contributed by atoms with E-state index in [1.165, 1.54) is 32.1 Å². The summed E-state index contributed by atoms with van der Waals surface area (Å²) in [6.45, 7) is 4.80. The van der Waals surface area contributed by atoms with Crippen molar-refractivity contribution < 1.29 is 5.11 Å². The minimum atomic E-state index is 0.292. The smallest absolute Gasteiger partial charge is 0.0446 e. The highest BCUT2D eigenvalue weighted by molar-refractivity contribution is 7.98. The predicted molar refractivity (Wildman–Crippen MR) is 75.2 cm³/mol. The van der Waals surface area contributed by atoms with E-state index in [1.54, 1.807) is 0 Å². The molecule has 0 fully saturated rings. The minimum absolute atomic E-state index is 0.292. The van der Waals surface area contributed by atoms with Gasteiger partial charge in [-0.15, -0.1) is 0 Å². The van der Waals surface area contributed by atoms with E-state index in [4.69, 9.17) is 5.11 Å². The zero-order chi connectivity index (χ0) is 12.2. The fourth-order valence-corrected chi connectivity index (χ4v) is 2.60. The quantitative estimate of drug-likeness (QED) is 0.550. The first kappa shape index (κ1) is 16.3. The number of hydrogen-bond donors (Lipinski definition) is 2. The van der Waals surface area contributed by atoms with Gasteiger partial charge in [0.2, 0.25) is 0 Å². The molecule has 0 saturated heterocycles. The summed E-state index contributed by atoms with van der Waals surface area (Å²) >= 11 is 1.85. The van der Waals surface area contributed by atoms with Crippen molar-refractivity contribution >= 4 is 11.8 Å².